The number of benzene rings is 2. The Morgan fingerprint density at radius 1 is 1.11 bits per heavy atom. The minimum Gasteiger partial charge on any atom is -0.507 e. The van der Waals surface area contributed by atoms with Gasteiger partial charge in [0.15, 0.2) is 10.8 Å². The smallest absolute Gasteiger partial charge is 0.316 e. The second kappa shape index (κ2) is 12.9. The van der Waals surface area contributed by atoms with Gasteiger partial charge in [-0.1, -0.05) is 59.8 Å². The molecule has 2 aromatic heterocycles. The van der Waals surface area contributed by atoms with Gasteiger partial charge < -0.3 is 30.0 Å². The fraction of sp³-hybridized carbons (Fsp3) is 0.269. The Bertz CT molecular complexity index is 1360. The number of nitrogens with zero attached hydrogens (tertiary/aromatic N) is 2. The van der Waals surface area contributed by atoms with E-state index in [1.165, 1.54) is 18.9 Å². The molecule has 0 saturated heterocycles. The number of fused-ring (bicyclic) bond motifs is 1. The van der Waals surface area contributed by atoms with E-state index in [9.17, 15) is 9.90 Å². The largest absolute Gasteiger partial charge is 0.507 e. The lowest BCUT2D eigenvalue weighted by atomic mass is 10.00. The van der Waals surface area contributed by atoms with Gasteiger partial charge in [-0.2, -0.15) is 0 Å². The number of aliphatic hydroxyl groups is 1. The van der Waals surface area contributed by atoms with Crippen LogP contribution in [0.3, 0.4) is 0 Å². The predicted molar refractivity (Wildman–Crippen MR) is 144 cm³/mol. The number of phenols is 1. The minimum atomic E-state index is -0.338. The van der Waals surface area contributed by atoms with Crippen molar-refractivity contribution >= 4 is 40.5 Å². The van der Waals surface area contributed by atoms with Crippen molar-refractivity contribution < 1.29 is 24.5 Å². The van der Waals surface area contributed by atoms with Crippen molar-refractivity contribution in [1.82, 2.24) is 20.3 Å². The number of aromatic nitrogens is 3. The Labute approximate surface area is 223 Å². The Hall–Kier alpha value is -3.15. The maximum atomic E-state index is 11.4. The predicted octanol–water partition coefficient (Wildman–Crippen LogP) is 4.01. The van der Waals surface area contributed by atoms with Crippen molar-refractivity contribution in [3.63, 3.8) is 0 Å². The number of thioether (sulfide) groups is 1. The number of aromatic amines is 1. The Morgan fingerprint density at radius 2 is 1.89 bits per heavy atom. The number of carbonyl (C=O) groups is 1. The standard InChI is InChI=1S/C26H27ClN4O5S/c1-35-23(34)15-37-26-29-21-13-20(27)24(30-25(21)31-26)18-5-3-17(4-6-18)19-7-2-16(12-22(19)33)14-28-8-10-36-11-9-32/h2-7,12-13,28,32-33H,8-11,14-15H2,1H3,(H,29,30,31). The number of halogens is 1. The van der Waals surface area contributed by atoms with Gasteiger partial charge in [0.25, 0.3) is 0 Å². The molecule has 9 nitrogen and oxygen atoms in total. The molecule has 11 heteroatoms. The lowest BCUT2D eigenvalue weighted by Crippen LogP contribution is -2.19. The number of aromatic hydroxyl groups is 1. The number of imidazole rings is 1. The summed E-state index contributed by atoms with van der Waals surface area (Å²) in [4.78, 5) is 23.6. The fourth-order valence-electron chi connectivity index (χ4n) is 3.64. The fourth-order valence-corrected chi connectivity index (χ4v) is 4.60. The lowest BCUT2D eigenvalue weighted by molar-refractivity contribution is -0.137. The van der Waals surface area contributed by atoms with Crippen molar-refractivity contribution in [2.45, 2.75) is 11.7 Å². The van der Waals surface area contributed by atoms with Crippen LogP contribution in [0.25, 0.3) is 33.5 Å². The average Bonchev–Trinajstić information content (AvgIpc) is 3.30. The molecule has 194 valence electrons. The first-order chi connectivity index (χ1) is 18.0. The van der Waals surface area contributed by atoms with Gasteiger partial charge in [-0.3, -0.25) is 4.79 Å². The first-order valence-electron chi connectivity index (χ1n) is 11.6. The number of methoxy groups -OCH3 is 1. The van der Waals surface area contributed by atoms with Gasteiger partial charge in [0.05, 0.1) is 48.9 Å². The second-order valence-electron chi connectivity index (χ2n) is 8.04. The normalized spacial score (nSPS) is 11.2. The number of phenolic OH excluding ortho intramolecular Hbond substituents is 1. The van der Waals surface area contributed by atoms with Crippen LogP contribution >= 0.6 is 23.4 Å². The molecule has 0 aliphatic carbocycles. The zero-order valence-corrected chi connectivity index (χ0v) is 21.7. The highest BCUT2D eigenvalue weighted by atomic mass is 35.5. The highest BCUT2D eigenvalue weighted by Crippen LogP contribution is 2.34. The summed E-state index contributed by atoms with van der Waals surface area (Å²) in [6.07, 6.45) is 0. The van der Waals surface area contributed by atoms with E-state index in [0.717, 1.165) is 22.3 Å². The van der Waals surface area contributed by atoms with Crippen LogP contribution in [0.2, 0.25) is 5.02 Å². The number of aliphatic hydroxyl groups excluding tert-OH is 1. The van der Waals surface area contributed by atoms with Gasteiger partial charge >= 0.3 is 5.97 Å². The second-order valence-corrected chi connectivity index (χ2v) is 9.41. The number of ether oxygens (including phenoxy) is 2. The van der Waals surface area contributed by atoms with Crippen LogP contribution < -0.4 is 5.32 Å². The van der Waals surface area contributed by atoms with Crippen molar-refractivity contribution in [3.05, 3.63) is 59.1 Å². The van der Waals surface area contributed by atoms with Crippen LogP contribution in [0.4, 0.5) is 0 Å². The zero-order chi connectivity index (χ0) is 26.2. The zero-order valence-electron chi connectivity index (χ0n) is 20.2. The van der Waals surface area contributed by atoms with Crippen LogP contribution in [0.5, 0.6) is 5.75 Å². The molecule has 4 aromatic rings. The number of pyridine rings is 1. The van der Waals surface area contributed by atoms with Gasteiger partial charge in [-0.25, -0.2) is 9.97 Å². The molecule has 0 saturated carbocycles. The van der Waals surface area contributed by atoms with Crippen LogP contribution in [-0.2, 0) is 20.8 Å². The number of carbonyl (C=O) groups excluding carboxylic acids is 1. The van der Waals surface area contributed by atoms with E-state index in [1.54, 1.807) is 12.1 Å². The molecule has 0 amide bonds. The molecule has 37 heavy (non-hydrogen) atoms. The van der Waals surface area contributed by atoms with Gasteiger partial charge in [-0.15, -0.1) is 0 Å². The summed E-state index contributed by atoms with van der Waals surface area (Å²) in [6, 6.07) is 15.0. The number of hydrogen-bond acceptors (Lipinski definition) is 9. The van der Waals surface area contributed by atoms with Gasteiger partial charge in [0.1, 0.15) is 5.75 Å². The summed E-state index contributed by atoms with van der Waals surface area (Å²) < 4.78 is 9.88. The summed E-state index contributed by atoms with van der Waals surface area (Å²) >= 11 is 7.75. The highest BCUT2D eigenvalue weighted by Gasteiger charge is 2.14. The lowest BCUT2D eigenvalue weighted by Gasteiger charge is -2.10. The van der Waals surface area contributed by atoms with E-state index >= 15 is 0 Å². The van der Waals surface area contributed by atoms with E-state index < -0.39 is 0 Å². The third kappa shape index (κ3) is 7.00. The van der Waals surface area contributed by atoms with Gasteiger partial charge in [-0.05, 0) is 23.3 Å². The molecule has 0 unspecified atom stereocenters. The SMILES string of the molecule is COC(=O)CSc1nc2nc(-c3ccc(-c4ccc(CNCCOCCO)cc4O)cc3)c(Cl)cc2[nH]1. The summed E-state index contributed by atoms with van der Waals surface area (Å²) in [6.45, 7) is 2.10. The molecule has 0 bridgehead atoms. The molecule has 0 aliphatic heterocycles. The van der Waals surface area contributed by atoms with E-state index in [1.807, 2.05) is 36.4 Å². The molecular weight excluding hydrogens is 516 g/mol. The van der Waals surface area contributed by atoms with Crippen LogP contribution in [-0.4, -0.2) is 70.4 Å². The Kier molecular flexibility index (Phi) is 9.37. The topological polar surface area (TPSA) is 130 Å². The van der Waals surface area contributed by atoms with E-state index in [4.69, 9.17) is 21.4 Å². The number of nitrogens with one attached hydrogen (secondary N) is 2. The van der Waals surface area contributed by atoms with Gasteiger partial charge in [0, 0.05) is 24.2 Å². The van der Waals surface area contributed by atoms with Crippen LogP contribution in [0.1, 0.15) is 5.56 Å². The Morgan fingerprint density at radius 3 is 2.62 bits per heavy atom. The van der Waals surface area contributed by atoms with Crippen molar-refractivity contribution in [3.8, 4) is 28.1 Å². The highest BCUT2D eigenvalue weighted by molar-refractivity contribution is 7.99. The minimum absolute atomic E-state index is 0.0129. The number of H-pyrrole nitrogens is 1. The first-order valence-corrected chi connectivity index (χ1v) is 12.9. The molecule has 4 N–H and O–H groups in total. The molecule has 4 rings (SSSR count). The molecule has 0 aliphatic rings. The van der Waals surface area contributed by atoms with Crippen molar-refractivity contribution in [2.24, 2.45) is 0 Å². The number of hydrogen-bond donors (Lipinski definition) is 4. The van der Waals surface area contributed by atoms with Gasteiger partial charge in [0.2, 0.25) is 0 Å². The van der Waals surface area contributed by atoms with E-state index in [-0.39, 0.29) is 24.1 Å². The summed E-state index contributed by atoms with van der Waals surface area (Å²) in [7, 11) is 1.34. The van der Waals surface area contributed by atoms with E-state index in [2.05, 4.69) is 25.0 Å². The monoisotopic (exact) mass is 542 g/mol. The molecule has 0 spiro atoms. The molecule has 0 atom stereocenters. The quantitative estimate of drug-likeness (QED) is 0.119. The number of esters is 1. The average molecular weight is 543 g/mol. The van der Waals surface area contributed by atoms with Crippen molar-refractivity contribution in [2.75, 3.05) is 39.2 Å². The Balaban J connectivity index is 1.45. The maximum Gasteiger partial charge on any atom is 0.316 e. The number of rotatable bonds is 12. The van der Waals surface area contributed by atoms with Crippen molar-refractivity contribution in [1.29, 1.82) is 0 Å². The van der Waals surface area contributed by atoms with Crippen LogP contribution in [0, 0.1) is 0 Å². The molecule has 2 heterocycles. The maximum absolute atomic E-state index is 11.4. The first kappa shape index (κ1) is 26.9. The summed E-state index contributed by atoms with van der Waals surface area (Å²) in [5.74, 6) is -0.00652. The third-order valence-electron chi connectivity index (χ3n) is 5.48. The van der Waals surface area contributed by atoms with E-state index in [0.29, 0.717) is 53.3 Å². The molecule has 2 aromatic carbocycles. The molecule has 0 radical (unpaired) electrons. The third-order valence-corrected chi connectivity index (χ3v) is 6.61. The molecular formula is C26H27ClN4O5S. The van der Waals surface area contributed by atoms with Crippen LogP contribution in [0.15, 0.2) is 53.7 Å². The summed E-state index contributed by atoms with van der Waals surface area (Å²) in [5.41, 5.74) is 5.10. The molecule has 0 fully saturated rings. The summed E-state index contributed by atoms with van der Waals surface area (Å²) in [5, 5.41) is 23.6.